The number of nitrogens with one attached hydrogen (secondary N) is 1. The lowest BCUT2D eigenvalue weighted by molar-refractivity contribution is -0.137. The van der Waals surface area contributed by atoms with E-state index in [1.165, 1.54) is 16.7 Å². The third-order valence-corrected chi connectivity index (χ3v) is 6.33. The van der Waals surface area contributed by atoms with E-state index in [0.29, 0.717) is 54.7 Å². The molecule has 1 amide bonds. The Labute approximate surface area is 214 Å². The molecule has 0 unspecified atom stereocenters. The second-order valence-corrected chi connectivity index (χ2v) is 8.86. The van der Waals surface area contributed by atoms with Crippen molar-refractivity contribution in [1.29, 1.82) is 0 Å². The molecule has 0 spiro atoms. The van der Waals surface area contributed by atoms with Crippen molar-refractivity contribution in [2.75, 3.05) is 36.5 Å². The van der Waals surface area contributed by atoms with Gasteiger partial charge in [-0.2, -0.15) is 23.1 Å². The van der Waals surface area contributed by atoms with Gasteiger partial charge in [-0.15, -0.1) is 0 Å². The van der Waals surface area contributed by atoms with E-state index >= 15 is 0 Å². The summed E-state index contributed by atoms with van der Waals surface area (Å²) in [7, 11) is 0. The van der Waals surface area contributed by atoms with Crippen molar-refractivity contribution in [2.24, 2.45) is 0 Å². The highest BCUT2D eigenvalue weighted by molar-refractivity contribution is 6.04. The minimum Gasteiger partial charge on any atom is -0.378 e. The van der Waals surface area contributed by atoms with Crippen molar-refractivity contribution in [3.8, 4) is 5.69 Å². The molecule has 38 heavy (non-hydrogen) atoms. The molecule has 0 radical (unpaired) electrons. The Morgan fingerprint density at radius 2 is 1.82 bits per heavy atom. The highest BCUT2D eigenvalue weighted by Gasteiger charge is 2.31. The molecule has 1 fully saturated rings. The van der Waals surface area contributed by atoms with Gasteiger partial charge in [-0.05, 0) is 49.7 Å². The lowest BCUT2D eigenvalue weighted by Gasteiger charge is -2.26. The van der Waals surface area contributed by atoms with Gasteiger partial charge in [0.1, 0.15) is 0 Å². The number of aryl methyl sites for hydroxylation is 2. The van der Waals surface area contributed by atoms with Crippen molar-refractivity contribution < 1.29 is 22.7 Å². The lowest BCUT2D eigenvalue weighted by atomic mass is 10.1. The number of carbonyl (C=O) groups excluding carboxylic acids is 1. The van der Waals surface area contributed by atoms with Gasteiger partial charge in [-0.3, -0.25) is 9.36 Å². The molecule has 0 bridgehead atoms. The third-order valence-electron chi connectivity index (χ3n) is 6.33. The van der Waals surface area contributed by atoms with Crippen LogP contribution in [0, 0.1) is 13.8 Å². The maximum Gasteiger partial charge on any atom is 0.416 e. The number of hydrogen-bond donors (Lipinski definition) is 1. The van der Waals surface area contributed by atoms with Crippen molar-refractivity contribution in [2.45, 2.75) is 20.0 Å². The first-order valence-electron chi connectivity index (χ1n) is 11.8. The highest BCUT2D eigenvalue weighted by atomic mass is 19.4. The summed E-state index contributed by atoms with van der Waals surface area (Å²) in [6.07, 6.45) is -2.94. The van der Waals surface area contributed by atoms with Crippen LogP contribution >= 0.6 is 0 Å². The molecule has 196 valence electrons. The van der Waals surface area contributed by atoms with Gasteiger partial charge in [0, 0.05) is 36.2 Å². The summed E-state index contributed by atoms with van der Waals surface area (Å²) in [5.41, 5.74) is 0.684. The molecule has 0 aliphatic carbocycles. The zero-order valence-corrected chi connectivity index (χ0v) is 20.5. The number of aromatic nitrogens is 4. The summed E-state index contributed by atoms with van der Waals surface area (Å²) in [6, 6.07) is 9.04. The number of benzene rings is 2. The van der Waals surface area contributed by atoms with E-state index in [9.17, 15) is 22.8 Å². The van der Waals surface area contributed by atoms with Crippen LogP contribution in [0.25, 0.3) is 16.7 Å². The van der Waals surface area contributed by atoms with Crippen LogP contribution in [0.1, 0.15) is 27.2 Å². The van der Waals surface area contributed by atoms with Crippen LogP contribution in [0.4, 0.5) is 24.8 Å². The van der Waals surface area contributed by atoms with E-state index in [4.69, 9.17) is 4.74 Å². The van der Waals surface area contributed by atoms with Gasteiger partial charge in [0.2, 0.25) is 5.95 Å². The number of ether oxygens (including phenoxy) is 1. The predicted molar refractivity (Wildman–Crippen MR) is 135 cm³/mol. The Morgan fingerprint density at radius 1 is 1.05 bits per heavy atom. The van der Waals surface area contributed by atoms with Crippen LogP contribution in [0.2, 0.25) is 0 Å². The normalized spacial score (nSPS) is 14.1. The average Bonchev–Trinajstić information content (AvgIpc) is 2.90. The molecule has 2 aromatic heterocycles. The Bertz CT molecular complexity index is 1600. The monoisotopic (exact) mass is 524 g/mol. The van der Waals surface area contributed by atoms with Crippen LogP contribution in [0.3, 0.4) is 0 Å². The van der Waals surface area contributed by atoms with E-state index in [0.717, 1.165) is 17.7 Å². The molecule has 2 aromatic carbocycles. The van der Waals surface area contributed by atoms with Gasteiger partial charge in [0.25, 0.3) is 5.91 Å². The smallest absolute Gasteiger partial charge is 0.378 e. The molecule has 0 saturated carbocycles. The lowest BCUT2D eigenvalue weighted by Crippen LogP contribution is -2.37. The molecule has 5 rings (SSSR count). The minimum absolute atomic E-state index is 0.143. The Kier molecular flexibility index (Phi) is 6.57. The van der Waals surface area contributed by atoms with Gasteiger partial charge in [-0.25, -0.2) is 9.78 Å². The number of alkyl halides is 3. The number of morpholine rings is 1. The SMILES string of the molecule is Cc1ccc(NC(=O)c2cccc(C(F)(F)F)c2)cc1-n1c(C)c2cnc(N3CCOCC3)nc2nc1=O. The van der Waals surface area contributed by atoms with Crippen LogP contribution < -0.4 is 15.9 Å². The van der Waals surface area contributed by atoms with Crippen molar-refractivity contribution >= 4 is 28.6 Å². The van der Waals surface area contributed by atoms with E-state index in [-0.39, 0.29) is 11.2 Å². The van der Waals surface area contributed by atoms with E-state index in [1.807, 2.05) is 4.90 Å². The second-order valence-electron chi connectivity index (χ2n) is 8.86. The summed E-state index contributed by atoms with van der Waals surface area (Å²) in [6.45, 7) is 5.95. The average molecular weight is 525 g/mol. The zero-order chi connectivity index (χ0) is 27.0. The Balaban J connectivity index is 1.48. The maximum atomic E-state index is 13.1. The van der Waals surface area contributed by atoms with Crippen LogP contribution in [0.15, 0.2) is 53.5 Å². The maximum absolute atomic E-state index is 13.1. The summed E-state index contributed by atoms with van der Waals surface area (Å²) < 4.78 is 45.9. The number of carbonyl (C=O) groups is 1. The molecular weight excluding hydrogens is 501 g/mol. The number of anilines is 2. The number of halogens is 3. The molecule has 1 aliphatic rings. The topological polar surface area (TPSA) is 102 Å². The standard InChI is InChI=1S/C26H23F3N6O3/c1-15-6-7-19(31-23(36)17-4-3-5-18(12-17)26(27,28)29)13-21(15)35-16(2)20-14-30-24(32-22(20)33-25(35)37)34-8-10-38-11-9-34/h3-7,12-14H,8-11H2,1-2H3,(H,31,36). The quantitative estimate of drug-likeness (QED) is 0.432. The molecule has 1 aliphatic heterocycles. The molecule has 3 heterocycles. The fourth-order valence-electron chi connectivity index (χ4n) is 4.28. The number of fused-ring (bicyclic) bond motifs is 1. The van der Waals surface area contributed by atoms with E-state index in [1.54, 1.807) is 38.2 Å². The molecule has 1 N–H and O–H groups in total. The summed E-state index contributed by atoms with van der Waals surface area (Å²) in [5.74, 6) is -0.240. The van der Waals surface area contributed by atoms with Gasteiger partial charge in [0.15, 0.2) is 5.65 Å². The van der Waals surface area contributed by atoms with Gasteiger partial charge in [0.05, 0.1) is 29.9 Å². The molecule has 1 saturated heterocycles. The van der Waals surface area contributed by atoms with Gasteiger partial charge < -0.3 is 15.0 Å². The highest BCUT2D eigenvalue weighted by Crippen LogP contribution is 2.30. The third kappa shape index (κ3) is 4.94. The summed E-state index contributed by atoms with van der Waals surface area (Å²) in [5, 5.41) is 3.19. The second kappa shape index (κ2) is 9.86. The molecule has 12 heteroatoms. The van der Waals surface area contributed by atoms with Gasteiger partial charge in [-0.1, -0.05) is 12.1 Å². The van der Waals surface area contributed by atoms with Crippen LogP contribution in [0.5, 0.6) is 0 Å². The van der Waals surface area contributed by atoms with E-state index < -0.39 is 23.3 Å². The summed E-state index contributed by atoms with van der Waals surface area (Å²) >= 11 is 0. The fraction of sp³-hybridized carbons (Fsp3) is 0.269. The van der Waals surface area contributed by atoms with Crippen molar-refractivity contribution in [1.82, 2.24) is 19.5 Å². The summed E-state index contributed by atoms with van der Waals surface area (Å²) in [4.78, 5) is 41.0. The Morgan fingerprint density at radius 3 is 2.55 bits per heavy atom. The number of rotatable bonds is 4. The largest absolute Gasteiger partial charge is 0.416 e. The van der Waals surface area contributed by atoms with Gasteiger partial charge >= 0.3 is 11.9 Å². The zero-order valence-electron chi connectivity index (χ0n) is 20.5. The van der Waals surface area contributed by atoms with Crippen molar-refractivity contribution in [3.05, 3.63) is 81.5 Å². The first-order chi connectivity index (χ1) is 18.1. The molecule has 0 atom stereocenters. The van der Waals surface area contributed by atoms with Crippen molar-refractivity contribution in [3.63, 3.8) is 0 Å². The Hall–Kier alpha value is -4.32. The van der Waals surface area contributed by atoms with Crippen LogP contribution in [-0.4, -0.2) is 51.7 Å². The first-order valence-corrected chi connectivity index (χ1v) is 11.8. The number of amides is 1. The fourth-order valence-corrected chi connectivity index (χ4v) is 4.28. The minimum atomic E-state index is -4.57. The van der Waals surface area contributed by atoms with E-state index in [2.05, 4.69) is 20.3 Å². The molecule has 4 aromatic rings. The molecular formula is C26H23F3N6O3. The van der Waals surface area contributed by atoms with Crippen LogP contribution in [-0.2, 0) is 10.9 Å². The number of hydrogen-bond acceptors (Lipinski definition) is 7. The first kappa shape index (κ1) is 25.3. The molecule has 9 nitrogen and oxygen atoms in total. The predicted octanol–water partition coefficient (Wildman–Crippen LogP) is 3.90. The number of nitrogens with zero attached hydrogens (tertiary/aromatic N) is 5.